The van der Waals surface area contributed by atoms with Crippen LogP contribution in [0.4, 0.5) is 5.13 Å². The summed E-state index contributed by atoms with van der Waals surface area (Å²) < 4.78 is 10.5. The lowest BCUT2D eigenvalue weighted by atomic mass is 10.2. The molecule has 1 aliphatic heterocycles. The van der Waals surface area contributed by atoms with Crippen molar-refractivity contribution in [1.29, 1.82) is 0 Å². The third-order valence-electron chi connectivity index (χ3n) is 4.14. The topological polar surface area (TPSA) is 80.8 Å². The minimum Gasteiger partial charge on any atom is -0.454 e. The Labute approximate surface area is 162 Å². The van der Waals surface area contributed by atoms with E-state index in [4.69, 9.17) is 9.47 Å². The number of aromatic nitrogens is 1. The molecule has 0 spiro atoms. The van der Waals surface area contributed by atoms with Gasteiger partial charge in [0.25, 0.3) is 5.91 Å². The standard InChI is InChI=1S/C19H23N3O4S/c1-11(2)22(12(3)4)17(23)8-14-9-27-19(20-14)21-18(24)13-5-6-15-16(7-13)26-10-25-15/h5-7,9,11-12H,8,10H2,1-4H3,(H,20,21,24). The summed E-state index contributed by atoms with van der Waals surface area (Å²) in [5.74, 6) is 0.919. The Balaban J connectivity index is 1.64. The van der Waals surface area contributed by atoms with Crippen molar-refractivity contribution < 1.29 is 19.1 Å². The third kappa shape index (κ3) is 4.39. The normalized spacial score (nSPS) is 12.5. The van der Waals surface area contributed by atoms with Gasteiger partial charge in [0.2, 0.25) is 12.7 Å². The zero-order chi connectivity index (χ0) is 19.6. The van der Waals surface area contributed by atoms with Crippen molar-refractivity contribution in [2.24, 2.45) is 0 Å². The Morgan fingerprint density at radius 2 is 1.89 bits per heavy atom. The summed E-state index contributed by atoms with van der Waals surface area (Å²) in [6, 6.07) is 5.26. The zero-order valence-corrected chi connectivity index (χ0v) is 16.6. The first kappa shape index (κ1) is 19.2. The van der Waals surface area contributed by atoms with Crippen molar-refractivity contribution in [3.05, 3.63) is 34.8 Å². The maximum absolute atomic E-state index is 12.5. The molecule has 0 bridgehead atoms. The van der Waals surface area contributed by atoms with E-state index in [9.17, 15) is 9.59 Å². The minimum absolute atomic E-state index is 0.0268. The number of hydrogen-bond acceptors (Lipinski definition) is 6. The van der Waals surface area contributed by atoms with Crippen molar-refractivity contribution in [1.82, 2.24) is 9.88 Å². The Bertz CT molecular complexity index is 839. The Morgan fingerprint density at radius 1 is 1.19 bits per heavy atom. The lowest BCUT2D eigenvalue weighted by Crippen LogP contribution is -2.42. The first-order valence-electron chi connectivity index (χ1n) is 8.81. The fourth-order valence-corrected chi connectivity index (χ4v) is 3.78. The van der Waals surface area contributed by atoms with Crippen LogP contribution in [0, 0.1) is 0 Å². The summed E-state index contributed by atoms with van der Waals surface area (Å²) in [5.41, 5.74) is 1.11. The highest BCUT2D eigenvalue weighted by Crippen LogP contribution is 2.32. The molecule has 1 aromatic carbocycles. The van der Waals surface area contributed by atoms with Crippen LogP contribution >= 0.6 is 11.3 Å². The fraction of sp³-hybridized carbons (Fsp3) is 0.421. The molecular weight excluding hydrogens is 366 g/mol. The van der Waals surface area contributed by atoms with Gasteiger partial charge in [-0.25, -0.2) is 4.98 Å². The molecule has 27 heavy (non-hydrogen) atoms. The molecule has 1 aliphatic rings. The maximum Gasteiger partial charge on any atom is 0.257 e. The van der Waals surface area contributed by atoms with Gasteiger partial charge in [0.1, 0.15) is 0 Å². The average molecular weight is 389 g/mol. The quantitative estimate of drug-likeness (QED) is 0.820. The number of ether oxygens (including phenoxy) is 2. The van der Waals surface area contributed by atoms with Gasteiger partial charge in [-0.15, -0.1) is 11.3 Å². The van der Waals surface area contributed by atoms with Gasteiger partial charge in [0, 0.05) is 23.0 Å². The molecule has 0 saturated heterocycles. The zero-order valence-electron chi connectivity index (χ0n) is 15.8. The van der Waals surface area contributed by atoms with Crippen LogP contribution in [0.1, 0.15) is 43.7 Å². The summed E-state index contributed by atoms with van der Waals surface area (Å²) in [6.45, 7) is 8.14. The molecule has 0 saturated carbocycles. The lowest BCUT2D eigenvalue weighted by Gasteiger charge is -2.30. The monoisotopic (exact) mass is 389 g/mol. The van der Waals surface area contributed by atoms with Gasteiger partial charge in [-0.3, -0.25) is 14.9 Å². The van der Waals surface area contributed by atoms with E-state index in [1.165, 1.54) is 11.3 Å². The van der Waals surface area contributed by atoms with Gasteiger partial charge in [-0.2, -0.15) is 0 Å². The van der Waals surface area contributed by atoms with E-state index in [2.05, 4.69) is 10.3 Å². The number of amides is 2. The lowest BCUT2D eigenvalue weighted by molar-refractivity contribution is -0.134. The second kappa shape index (κ2) is 7.96. The number of carbonyl (C=O) groups excluding carboxylic acids is 2. The molecule has 0 atom stereocenters. The van der Waals surface area contributed by atoms with Crippen molar-refractivity contribution in [3.63, 3.8) is 0 Å². The summed E-state index contributed by atoms with van der Waals surface area (Å²) in [4.78, 5) is 31.2. The molecule has 2 aromatic rings. The minimum atomic E-state index is -0.286. The van der Waals surface area contributed by atoms with Crippen molar-refractivity contribution in [3.8, 4) is 11.5 Å². The smallest absolute Gasteiger partial charge is 0.257 e. The number of rotatable bonds is 6. The molecule has 0 aliphatic carbocycles. The van der Waals surface area contributed by atoms with Crippen LogP contribution in [0.25, 0.3) is 0 Å². The predicted octanol–water partition coefficient (Wildman–Crippen LogP) is 3.31. The molecular formula is C19H23N3O4S. The van der Waals surface area contributed by atoms with Crippen LogP contribution in [-0.2, 0) is 11.2 Å². The number of anilines is 1. The van der Waals surface area contributed by atoms with Gasteiger partial charge in [-0.1, -0.05) is 0 Å². The summed E-state index contributed by atoms with van der Waals surface area (Å²) in [6.07, 6.45) is 0.215. The number of carbonyl (C=O) groups is 2. The maximum atomic E-state index is 12.5. The summed E-state index contributed by atoms with van der Waals surface area (Å²) >= 11 is 1.30. The van der Waals surface area contributed by atoms with Crippen LogP contribution in [0.5, 0.6) is 11.5 Å². The number of thiazole rings is 1. The molecule has 3 rings (SSSR count). The van der Waals surface area contributed by atoms with Gasteiger partial charge < -0.3 is 14.4 Å². The van der Waals surface area contributed by atoms with E-state index >= 15 is 0 Å². The van der Waals surface area contributed by atoms with Gasteiger partial charge in [0.05, 0.1) is 12.1 Å². The van der Waals surface area contributed by atoms with Crippen molar-refractivity contribution >= 4 is 28.3 Å². The summed E-state index contributed by atoms with van der Waals surface area (Å²) in [7, 11) is 0. The van der Waals surface area contributed by atoms with Crippen LogP contribution in [0.3, 0.4) is 0 Å². The number of nitrogens with one attached hydrogen (secondary N) is 1. The van der Waals surface area contributed by atoms with Gasteiger partial charge in [-0.05, 0) is 45.9 Å². The van der Waals surface area contributed by atoms with E-state index in [1.807, 2.05) is 32.6 Å². The second-order valence-corrected chi connectivity index (χ2v) is 7.69. The van der Waals surface area contributed by atoms with Crippen LogP contribution in [-0.4, -0.2) is 40.6 Å². The molecule has 1 aromatic heterocycles. The Hall–Kier alpha value is -2.61. The molecule has 7 nitrogen and oxygen atoms in total. The van der Waals surface area contributed by atoms with E-state index in [0.29, 0.717) is 27.9 Å². The highest BCUT2D eigenvalue weighted by molar-refractivity contribution is 7.14. The number of benzene rings is 1. The predicted molar refractivity (Wildman–Crippen MR) is 103 cm³/mol. The highest BCUT2D eigenvalue weighted by Gasteiger charge is 2.22. The number of hydrogen-bond donors (Lipinski definition) is 1. The van der Waals surface area contributed by atoms with Gasteiger partial charge in [0.15, 0.2) is 16.6 Å². The SMILES string of the molecule is CC(C)N(C(=O)Cc1csc(NC(=O)c2ccc3c(c2)OCO3)n1)C(C)C. The molecule has 2 heterocycles. The second-order valence-electron chi connectivity index (χ2n) is 6.83. The molecule has 2 amide bonds. The average Bonchev–Trinajstić information content (AvgIpc) is 3.22. The fourth-order valence-electron chi connectivity index (χ4n) is 3.07. The van der Waals surface area contributed by atoms with Gasteiger partial charge >= 0.3 is 0 Å². The van der Waals surface area contributed by atoms with Crippen molar-refractivity contribution in [2.75, 3.05) is 12.1 Å². The first-order chi connectivity index (χ1) is 12.8. The third-order valence-corrected chi connectivity index (χ3v) is 4.95. The molecule has 144 valence electrons. The largest absolute Gasteiger partial charge is 0.454 e. The van der Waals surface area contributed by atoms with Crippen LogP contribution in [0.2, 0.25) is 0 Å². The van der Waals surface area contributed by atoms with E-state index in [-0.39, 0.29) is 37.1 Å². The molecule has 8 heteroatoms. The van der Waals surface area contributed by atoms with E-state index in [1.54, 1.807) is 23.6 Å². The van der Waals surface area contributed by atoms with Crippen LogP contribution < -0.4 is 14.8 Å². The Morgan fingerprint density at radius 3 is 2.59 bits per heavy atom. The molecule has 0 fully saturated rings. The molecule has 0 radical (unpaired) electrons. The molecule has 0 unspecified atom stereocenters. The molecule has 1 N–H and O–H groups in total. The van der Waals surface area contributed by atoms with Crippen molar-refractivity contribution in [2.45, 2.75) is 46.2 Å². The Kier molecular flexibility index (Phi) is 5.65. The van der Waals surface area contributed by atoms with Crippen LogP contribution in [0.15, 0.2) is 23.6 Å². The number of nitrogens with zero attached hydrogens (tertiary/aromatic N) is 2. The summed E-state index contributed by atoms with van der Waals surface area (Å²) in [5, 5.41) is 5.02. The highest BCUT2D eigenvalue weighted by atomic mass is 32.1. The van der Waals surface area contributed by atoms with E-state index < -0.39 is 0 Å². The number of fused-ring (bicyclic) bond motifs is 1. The van der Waals surface area contributed by atoms with E-state index in [0.717, 1.165) is 0 Å². The first-order valence-corrected chi connectivity index (χ1v) is 9.69.